The van der Waals surface area contributed by atoms with Crippen molar-refractivity contribution >= 4 is 33.3 Å². The zero-order valence-electron chi connectivity index (χ0n) is 16.4. The lowest BCUT2D eigenvalue weighted by Crippen LogP contribution is -2.48. The Bertz CT molecular complexity index is 875. The molecule has 1 aliphatic heterocycles. The average Bonchev–Trinajstić information content (AvgIpc) is 3.30. The molecule has 1 aliphatic carbocycles. The van der Waals surface area contributed by atoms with Crippen molar-refractivity contribution in [1.82, 2.24) is 4.90 Å². The van der Waals surface area contributed by atoms with E-state index in [0.29, 0.717) is 12.1 Å². The second-order valence-corrected chi connectivity index (χ2v) is 9.86. The number of amides is 2. The summed E-state index contributed by atoms with van der Waals surface area (Å²) in [4.78, 5) is 37.8. The fourth-order valence-corrected chi connectivity index (χ4v) is 5.77. The number of rotatable bonds is 6. The lowest BCUT2D eigenvalue weighted by Gasteiger charge is -2.33. The van der Waals surface area contributed by atoms with Gasteiger partial charge < -0.3 is 15.0 Å². The number of esters is 1. The van der Waals surface area contributed by atoms with Crippen molar-refractivity contribution in [1.29, 1.82) is 0 Å². The molecular formula is C20H26N2O6S. The molecule has 1 unspecified atom stereocenters. The van der Waals surface area contributed by atoms with Gasteiger partial charge in [0.1, 0.15) is 0 Å². The van der Waals surface area contributed by atoms with E-state index < -0.39 is 22.4 Å². The predicted molar refractivity (Wildman–Crippen MR) is 107 cm³/mol. The first kappa shape index (κ1) is 21.3. The topological polar surface area (TPSA) is 110 Å². The standard InChI is InChI=1S/C20H26N2O6S/c1-14(23)21-16-8-6-15(7-9-16)20(25)28-12-19(24)22(17-4-2-3-5-17)18-10-11-29(26,27)13-18/h6-9,17-18H,2-5,10-13H2,1H3,(H,21,23). The number of hydrogen-bond donors (Lipinski definition) is 1. The van der Waals surface area contributed by atoms with E-state index in [4.69, 9.17) is 4.74 Å². The Balaban J connectivity index is 1.62. The first-order chi connectivity index (χ1) is 13.7. The van der Waals surface area contributed by atoms with Gasteiger partial charge in [-0.1, -0.05) is 12.8 Å². The molecule has 1 atom stereocenters. The molecule has 0 radical (unpaired) electrons. The van der Waals surface area contributed by atoms with Crippen molar-refractivity contribution in [3.05, 3.63) is 29.8 Å². The van der Waals surface area contributed by atoms with E-state index in [0.717, 1.165) is 25.7 Å². The second kappa shape index (κ2) is 8.94. The van der Waals surface area contributed by atoms with E-state index in [1.807, 2.05) is 0 Å². The highest BCUT2D eigenvalue weighted by molar-refractivity contribution is 7.91. The van der Waals surface area contributed by atoms with Gasteiger partial charge in [0.2, 0.25) is 5.91 Å². The van der Waals surface area contributed by atoms with E-state index in [2.05, 4.69) is 5.32 Å². The van der Waals surface area contributed by atoms with E-state index in [1.165, 1.54) is 19.1 Å². The molecule has 9 heteroatoms. The van der Waals surface area contributed by atoms with Crippen LogP contribution >= 0.6 is 0 Å². The number of carbonyl (C=O) groups is 3. The second-order valence-electron chi connectivity index (χ2n) is 7.63. The van der Waals surface area contributed by atoms with Crippen LogP contribution in [0.25, 0.3) is 0 Å². The fraction of sp³-hybridized carbons (Fsp3) is 0.550. The Morgan fingerprint density at radius 3 is 2.28 bits per heavy atom. The molecule has 158 valence electrons. The SMILES string of the molecule is CC(=O)Nc1ccc(C(=O)OCC(=O)N(C2CCCC2)C2CCS(=O)(=O)C2)cc1. The molecule has 1 aromatic rings. The van der Waals surface area contributed by atoms with E-state index >= 15 is 0 Å². The normalized spacial score (nSPS) is 20.9. The smallest absolute Gasteiger partial charge is 0.338 e. The Kier molecular flexibility index (Phi) is 6.56. The molecule has 1 heterocycles. The van der Waals surface area contributed by atoms with Crippen molar-refractivity contribution in [3.63, 3.8) is 0 Å². The van der Waals surface area contributed by atoms with E-state index in [1.54, 1.807) is 17.0 Å². The minimum Gasteiger partial charge on any atom is -0.452 e. The first-order valence-electron chi connectivity index (χ1n) is 9.81. The van der Waals surface area contributed by atoms with Crippen LogP contribution in [0.15, 0.2) is 24.3 Å². The molecule has 8 nitrogen and oxygen atoms in total. The minimum atomic E-state index is -3.12. The number of hydrogen-bond acceptors (Lipinski definition) is 6. The van der Waals surface area contributed by atoms with Crippen LogP contribution in [0.3, 0.4) is 0 Å². The van der Waals surface area contributed by atoms with Crippen LogP contribution in [0, 0.1) is 0 Å². The van der Waals surface area contributed by atoms with Crippen LogP contribution in [0.1, 0.15) is 49.4 Å². The quantitative estimate of drug-likeness (QED) is 0.700. The number of nitrogens with zero attached hydrogens (tertiary/aromatic N) is 1. The molecule has 1 aromatic carbocycles. The van der Waals surface area contributed by atoms with Crippen molar-refractivity contribution in [2.75, 3.05) is 23.4 Å². The predicted octanol–water partition coefficient (Wildman–Crippen LogP) is 1.76. The first-order valence-corrected chi connectivity index (χ1v) is 11.6. The molecule has 1 N–H and O–H groups in total. The van der Waals surface area contributed by atoms with E-state index in [-0.39, 0.29) is 41.0 Å². The summed E-state index contributed by atoms with van der Waals surface area (Å²) >= 11 is 0. The van der Waals surface area contributed by atoms with Gasteiger partial charge >= 0.3 is 5.97 Å². The van der Waals surface area contributed by atoms with Gasteiger partial charge in [-0.3, -0.25) is 9.59 Å². The highest BCUT2D eigenvalue weighted by Crippen LogP contribution is 2.29. The van der Waals surface area contributed by atoms with Gasteiger partial charge in [0.05, 0.1) is 17.1 Å². The van der Waals surface area contributed by atoms with Crippen LogP contribution in [0.4, 0.5) is 5.69 Å². The zero-order valence-corrected chi connectivity index (χ0v) is 17.2. The maximum Gasteiger partial charge on any atom is 0.338 e. The van der Waals surface area contributed by atoms with Gasteiger partial charge in [0.25, 0.3) is 5.91 Å². The molecule has 2 amide bonds. The van der Waals surface area contributed by atoms with Crippen molar-refractivity contribution < 1.29 is 27.5 Å². The van der Waals surface area contributed by atoms with Crippen LogP contribution < -0.4 is 5.32 Å². The van der Waals surface area contributed by atoms with Crippen LogP contribution in [-0.4, -0.2) is 61.3 Å². The summed E-state index contributed by atoms with van der Waals surface area (Å²) in [5, 5.41) is 2.60. The summed E-state index contributed by atoms with van der Waals surface area (Å²) in [6.45, 7) is 0.971. The summed E-state index contributed by atoms with van der Waals surface area (Å²) in [6, 6.07) is 5.84. The summed E-state index contributed by atoms with van der Waals surface area (Å²) in [5.41, 5.74) is 0.822. The van der Waals surface area contributed by atoms with Gasteiger partial charge in [-0.2, -0.15) is 0 Å². The third-order valence-electron chi connectivity index (χ3n) is 5.38. The third-order valence-corrected chi connectivity index (χ3v) is 7.13. The van der Waals surface area contributed by atoms with Crippen molar-refractivity contribution in [2.24, 2.45) is 0 Å². The summed E-state index contributed by atoms with van der Waals surface area (Å²) < 4.78 is 29.0. The summed E-state index contributed by atoms with van der Waals surface area (Å²) in [6.07, 6.45) is 4.15. The summed E-state index contributed by atoms with van der Waals surface area (Å²) in [5.74, 6) is -1.13. The van der Waals surface area contributed by atoms with Crippen LogP contribution in [0.5, 0.6) is 0 Å². The van der Waals surface area contributed by atoms with Crippen LogP contribution in [-0.2, 0) is 24.2 Å². The number of anilines is 1. The molecule has 0 aromatic heterocycles. The number of ether oxygens (including phenoxy) is 1. The van der Waals surface area contributed by atoms with Crippen LogP contribution in [0.2, 0.25) is 0 Å². The third kappa shape index (κ3) is 5.56. The van der Waals surface area contributed by atoms with Crippen molar-refractivity contribution in [2.45, 2.75) is 51.1 Å². The number of nitrogens with one attached hydrogen (secondary N) is 1. The number of benzene rings is 1. The molecule has 1 saturated heterocycles. The lowest BCUT2D eigenvalue weighted by molar-refractivity contribution is -0.139. The Hall–Kier alpha value is -2.42. The van der Waals surface area contributed by atoms with Gasteiger partial charge in [-0.05, 0) is 43.5 Å². The van der Waals surface area contributed by atoms with Crippen molar-refractivity contribution in [3.8, 4) is 0 Å². The molecule has 3 rings (SSSR count). The number of carbonyl (C=O) groups excluding carboxylic acids is 3. The molecule has 0 bridgehead atoms. The fourth-order valence-electron chi connectivity index (χ4n) is 4.06. The van der Waals surface area contributed by atoms with Gasteiger partial charge in [-0.25, -0.2) is 13.2 Å². The highest BCUT2D eigenvalue weighted by Gasteiger charge is 2.39. The van der Waals surface area contributed by atoms with E-state index in [9.17, 15) is 22.8 Å². The largest absolute Gasteiger partial charge is 0.452 e. The van der Waals surface area contributed by atoms with Gasteiger partial charge in [0, 0.05) is 24.7 Å². The Labute approximate surface area is 170 Å². The van der Waals surface area contributed by atoms with Gasteiger partial charge in [0.15, 0.2) is 16.4 Å². The Morgan fingerprint density at radius 2 is 1.72 bits per heavy atom. The monoisotopic (exact) mass is 422 g/mol. The molecule has 2 fully saturated rings. The Morgan fingerprint density at radius 1 is 1.07 bits per heavy atom. The molecule has 29 heavy (non-hydrogen) atoms. The zero-order chi connectivity index (χ0) is 21.0. The average molecular weight is 423 g/mol. The molecule has 1 saturated carbocycles. The maximum atomic E-state index is 12.8. The highest BCUT2D eigenvalue weighted by atomic mass is 32.2. The number of sulfone groups is 1. The molecule has 2 aliphatic rings. The minimum absolute atomic E-state index is 0.0106. The summed E-state index contributed by atoms with van der Waals surface area (Å²) in [7, 11) is -3.12. The lowest BCUT2D eigenvalue weighted by atomic mass is 10.1. The maximum absolute atomic E-state index is 12.8. The molecule has 0 spiro atoms. The van der Waals surface area contributed by atoms with Gasteiger partial charge in [-0.15, -0.1) is 0 Å². The molecular weight excluding hydrogens is 396 g/mol.